The number of furan rings is 1. The molecule has 0 amide bonds. The first-order valence-corrected chi connectivity index (χ1v) is 8.37. The van der Waals surface area contributed by atoms with Crippen LogP contribution >= 0.6 is 0 Å². The number of hydrogen-bond acceptors (Lipinski definition) is 3. The summed E-state index contributed by atoms with van der Waals surface area (Å²) >= 11 is 0. The van der Waals surface area contributed by atoms with E-state index >= 15 is 0 Å². The number of fused-ring (bicyclic) bond motifs is 3. The summed E-state index contributed by atoms with van der Waals surface area (Å²) in [4.78, 5) is 18.9. The second-order valence-corrected chi connectivity index (χ2v) is 6.14. The molecule has 3 aromatic carbocycles. The lowest BCUT2D eigenvalue weighted by molar-refractivity contribution is 0.651. The lowest BCUT2D eigenvalue weighted by Gasteiger charge is -2.03. The Bertz CT molecular complexity index is 1290. The van der Waals surface area contributed by atoms with E-state index in [1.165, 1.54) is 0 Å². The van der Waals surface area contributed by atoms with Gasteiger partial charge in [0.1, 0.15) is 5.58 Å². The van der Waals surface area contributed by atoms with Gasteiger partial charge in [0.15, 0.2) is 0 Å². The number of nitrogens with zero attached hydrogens (tertiary/aromatic N) is 1. The smallest absolute Gasteiger partial charge is 0.348 e. The Balaban J connectivity index is 1.81. The molecule has 0 fully saturated rings. The first-order chi connectivity index (χ1) is 12.8. The minimum atomic E-state index is -0.418. The van der Waals surface area contributed by atoms with Crippen LogP contribution in [0, 0.1) is 0 Å². The zero-order valence-electron chi connectivity index (χ0n) is 13.8. The van der Waals surface area contributed by atoms with E-state index in [4.69, 9.17) is 4.42 Å². The van der Waals surface area contributed by atoms with Crippen LogP contribution in [0.25, 0.3) is 44.5 Å². The van der Waals surface area contributed by atoms with Crippen molar-refractivity contribution in [3.63, 3.8) is 0 Å². The Kier molecular flexibility index (Phi) is 3.22. The maximum absolute atomic E-state index is 12.0. The van der Waals surface area contributed by atoms with Gasteiger partial charge in [-0.3, -0.25) is 0 Å². The van der Waals surface area contributed by atoms with E-state index in [1.807, 2.05) is 60.7 Å². The predicted octanol–water partition coefficient (Wildman–Crippen LogP) is 5.00. The lowest BCUT2D eigenvalue weighted by Crippen LogP contribution is -2.10. The predicted molar refractivity (Wildman–Crippen MR) is 103 cm³/mol. The van der Waals surface area contributed by atoms with Crippen molar-refractivity contribution in [3.8, 4) is 22.4 Å². The van der Waals surface area contributed by atoms with E-state index in [0.717, 1.165) is 33.2 Å². The molecule has 0 saturated heterocycles. The van der Waals surface area contributed by atoms with Crippen molar-refractivity contribution in [3.05, 3.63) is 89.3 Å². The highest BCUT2D eigenvalue weighted by molar-refractivity contribution is 6.10. The van der Waals surface area contributed by atoms with Gasteiger partial charge in [0.2, 0.25) is 5.71 Å². The summed E-state index contributed by atoms with van der Waals surface area (Å²) < 4.78 is 5.93. The van der Waals surface area contributed by atoms with Gasteiger partial charge in [-0.05, 0) is 28.8 Å². The largest absolute Gasteiger partial charge is 0.437 e. The molecular formula is C22H14N2O2. The molecule has 0 saturated carbocycles. The standard InChI is InChI=1S/C22H14N2O2/c25-22-23-20(15-9-5-2-6-10-15)19-17-12-11-16(14-7-3-1-4-8-14)13-18(17)26-21(19)24-22/h1-13H,(H,23,24,25). The molecule has 2 aromatic heterocycles. The number of H-pyrrole nitrogens is 1. The fourth-order valence-corrected chi connectivity index (χ4v) is 3.33. The summed E-state index contributed by atoms with van der Waals surface area (Å²) in [7, 11) is 0. The van der Waals surface area contributed by atoms with Crippen molar-refractivity contribution < 1.29 is 4.42 Å². The molecule has 5 rings (SSSR count). The van der Waals surface area contributed by atoms with Crippen molar-refractivity contribution in [2.75, 3.05) is 0 Å². The zero-order chi connectivity index (χ0) is 17.5. The first kappa shape index (κ1) is 14.7. The highest BCUT2D eigenvalue weighted by Crippen LogP contribution is 2.35. The molecule has 0 aliphatic rings. The van der Waals surface area contributed by atoms with Crippen molar-refractivity contribution in [2.24, 2.45) is 0 Å². The number of nitrogens with one attached hydrogen (secondary N) is 1. The number of rotatable bonds is 2. The molecule has 26 heavy (non-hydrogen) atoms. The second-order valence-electron chi connectivity index (χ2n) is 6.14. The van der Waals surface area contributed by atoms with Crippen molar-refractivity contribution in [1.82, 2.24) is 9.97 Å². The fourth-order valence-electron chi connectivity index (χ4n) is 3.33. The van der Waals surface area contributed by atoms with E-state index in [1.54, 1.807) is 0 Å². The van der Waals surface area contributed by atoms with Crippen LogP contribution in [0.15, 0.2) is 88.1 Å². The van der Waals surface area contributed by atoms with Crippen LogP contribution in [0.1, 0.15) is 0 Å². The average Bonchev–Trinajstić information content (AvgIpc) is 3.06. The SMILES string of the molecule is O=c1nc2oc3cc(-c4ccccc4)ccc3c2c(-c2ccccc2)[nH]1. The molecule has 0 bridgehead atoms. The van der Waals surface area contributed by atoms with E-state index in [9.17, 15) is 4.79 Å². The quantitative estimate of drug-likeness (QED) is 0.492. The molecular weight excluding hydrogens is 324 g/mol. The molecule has 0 unspecified atom stereocenters. The summed E-state index contributed by atoms with van der Waals surface area (Å²) in [5, 5.41) is 1.76. The molecule has 2 heterocycles. The van der Waals surface area contributed by atoms with Crippen LogP contribution in [-0.2, 0) is 0 Å². The molecule has 0 aliphatic carbocycles. The normalized spacial score (nSPS) is 11.2. The van der Waals surface area contributed by atoms with Crippen LogP contribution in [0.5, 0.6) is 0 Å². The Morgan fingerprint density at radius 3 is 2.19 bits per heavy atom. The highest BCUT2D eigenvalue weighted by Gasteiger charge is 2.16. The minimum Gasteiger partial charge on any atom is -0.437 e. The summed E-state index contributed by atoms with van der Waals surface area (Å²) in [5.41, 5.74) is 4.47. The Morgan fingerprint density at radius 1 is 0.769 bits per heavy atom. The van der Waals surface area contributed by atoms with Gasteiger partial charge in [-0.25, -0.2) is 4.79 Å². The average molecular weight is 338 g/mol. The zero-order valence-corrected chi connectivity index (χ0v) is 13.8. The molecule has 124 valence electrons. The van der Waals surface area contributed by atoms with Gasteiger partial charge in [-0.15, -0.1) is 0 Å². The van der Waals surface area contributed by atoms with Crippen LogP contribution in [0.2, 0.25) is 0 Å². The molecule has 5 aromatic rings. The molecule has 4 heteroatoms. The summed E-state index contributed by atoms with van der Waals surface area (Å²) in [6, 6.07) is 25.9. The van der Waals surface area contributed by atoms with Gasteiger partial charge in [0.25, 0.3) is 0 Å². The van der Waals surface area contributed by atoms with E-state index in [2.05, 4.69) is 28.2 Å². The number of benzene rings is 3. The van der Waals surface area contributed by atoms with Crippen LogP contribution in [0.3, 0.4) is 0 Å². The number of aromatic nitrogens is 2. The third-order valence-electron chi connectivity index (χ3n) is 4.53. The lowest BCUT2D eigenvalue weighted by atomic mass is 10.0. The molecule has 4 nitrogen and oxygen atoms in total. The van der Waals surface area contributed by atoms with Gasteiger partial charge in [0, 0.05) is 5.39 Å². The van der Waals surface area contributed by atoms with Gasteiger partial charge in [-0.1, -0.05) is 66.7 Å². The van der Waals surface area contributed by atoms with Crippen LogP contribution in [0.4, 0.5) is 0 Å². The van der Waals surface area contributed by atoms with Crippen molar-refractivity contribution in [1.29, 1.82) is 0 Å². The van der Waals surface area contributed by atoms with E-state index in [-0.39, 0.29) is 0 Å². The Labute approximate surface area is 148 Å². The second kappa shape index (κ2) is 5.70. The maximum Gasteiger partial charge on any atom is 0.348 e. The number of aromatic amines is 1. The summed E-state index contributed by atoms with van der Waals surface area (Å²) in [6.45, 7) is 0. The Hall–Kier alpha value is -3.66. The summed E-state index contributed by atoms with van der Waals surface area (Å²) in [5.74, 6) is 0. The monoisotopic (exact) mass is 338 g/mol. The highest BCUT2D eigenvalue weighted by atomic mass is 16.3. The molecule has 0 radical (unpaired) electrons. The first-order valence-electron chi connectivity index (χ1n) is 8.37. The van der Waals surface area contributed by atoms with Gasteiger partial charge in [0.05, 0.1) is 11.1 Å². The van der Waals surface area contributed by atoms with Crippen molar-refractivity contribution >= 4 is 22.1 Å². The van der Waals surface area contributed by atoms with Gasteiger partial charge < -0.3 is 9.40 Å². The molecule has 0 atom stereocenters. The van der Waals surface area contributed by atoms with Gasteiger partial charge >= 0.3 is 5.69 Å². The topological polar surface area (TPSA) is 58.9 Å². The van der Waals surface area contributed by atoms with Crippen LogP contribution in [-0.4, -0.2) is 9.97 Å². The van der Waals surface area contributed by atoms with Crippen molar-refractivity contribution in [2.45, 2.75) is 0 Å². The molecule has 0 aliphatic heterocycles. The van der Waals surface area contributed by atoms with E-state index < -0.39 is 5.69 Å². The van der Waals surface area contributed by atoms with Crippen LogP contribution < -0.4 is 5.69 Å². The Morgan fingerprint density at radius 2 is 1.46 bits per heavy atom. The third kappa shape index (κ3) is 2.31. The molecule has 1 N–H and O–H groups in total. The van der Waals surface area contributed by atoms with Gasteiger partial charge in [-0.2, -0.15) is 4.98 Å². The third-order valence-corrected chi connectivity index (χ3v) is 4.53. The minimum absolute atomic E-state index is 0.354. The number of hydrogen-bond donors (Lipinski definition) is 1. The molecule has 0 spiro atoms. The maximum atomic E-state index is 12.0. The van der Waals surface area contributed by atoms with E-state index in [0.29, 0.717) is 11.3 Å². The summed E-state index contributed by atoms with van der Waals surface area (Å²) in [6.07, 6.45) is 0. The fraction of sp³-hybridized carbons (Fsp3) is 0.